The summed E-state index contributed by atoms with van der Waals surface area (Å²) < 4.78 is 0. The molecule has 0 fully saturated rings. The molecule has 0 bridgehead atoms. The molecule has 0 radical (unpaired) electrons. The Hall–Kier alpha value is -2.17. The maximum absolute atomic E-state index is 10.6. The first-order chi connectivity index (χ1) is 8.58. The fourth-order valence-corrected chi connectivity index (χ4v) is 1.89. The van der Waals surface area contributed by atoms with Crippen LogP contribution < -0.4 is 5.32 Å². The van der Waals surface area contributed by atoms with E-state index < -0.39 is 5.97 Å². The summed E-state index contributed by atoms with van der Waals surface area (Å²) in [4.78, 5) is 10.6. The summed E-state index contributed by atoms with van der Waals surface area (Å²) in [6.07, 6.45) is 0.0455. The van der Waals surface area contributed by atoms with Crippen LogP contribution in [-0.2, 0) is 4.79 Å². The van der Waals surface area contributed by atoms with Crippen LogP contribution in [0.3, 0.4) is 0 Å². The van der Waals surface area contributed by atoms with Crippen LogP contribution in [0.5, 0.6) is 0 Å². The van der Waals surface area contributed by atoms with Crippen molar-refractivity contribution in [1.82, 2.24) is 10.2 Å². The molecule has 0 aliphatic carbocycles. The molecule has 18 heavy (non-hydrogen) atoms. The lowest BCUT2D eigenvalue weighted by Crippen LogP contribution is -2.20. The molecule has 0 aliphatic rings. The van der Waals surface area contributed by atoms with Gasteiger partial charge in [-0.1, -0.05) is 24.3 Å². The number of hydrogen-bond donors (Lipinski definition) is 2. The SMILES string of the molecule is Cc1nnc(NC(C)CC(=O)O)c2ccccc12. The Morgan fingerprint density at radius 1 is 1.33 bits per heavy atom. The van der Waals surface area contributed by atoms with E-state index in [1.165, 1.54) is 0 Å². The van der Waals surface area contributed by atoms with Crippen molar-refractivity contribution in [3.8, 4) is 0 Å². The third-order valence-electron chi connectivity index (χ3n) is 2.74. The van der Waals surface area contributed by atoms with Crippen LogP contribution in [0.2, 0.25) is 0 Å². The number of fused-ring (bicyclic) bond motifs is 1. The zero-order valence-electron chi connectivity index (χ0n) is 10.3. The van der Waals surface area contributed by atoms with Crippen LogP contribution in [0, 0.1) is 6.92 Å². The van der Waals surface area contributed by atoms with Crippen LogP contribution in [0.15, 0.2) is 24.3 Å². The summed E-state index contributed by atoms with van der Waals surface area (Å²) in [6.45, 7) is 3.71. The lowest BCUT2D eigenvalue weighted by atomic mass is 10.1. The van der Waals surface area contributed by atoms with Gasteiger partial charge in [-0.2, -0.15) is 5.10 Å². The quantitative estimate of drug-likeness (QED) is 0.863. The second-order valence-electron chi connectivity index (χ2n) is 4.32. The average Bonchev–Trinajstić information content (AvgIpc) is 2.32. The molecule has 5 heteroatoms. The third-order valence-corrected chi connectivity index (χ3v) is 2.74. The molecule has 0 aliphatic heterocycles. The summed E-state index contributed by atoms with van der Waals surface area (Å²) >= 11 is 0. The molecule has 5 nitrogen and oxygen atoms in total. The molecule has 1 heterocycles. The maximum Gasteiger partial charge on any atom is 0.305 e. The van der Waals surface area contributed by atoms with E-state index in [0.717, 1.165) is 16.5 Å². The molecule has 0 saturated heterocycles. The number of carboxylic acid groups (broad SMARTS) is 1. The number of rotatable bonds is 4. The lowest BCUT2D eigenvalue weighted by Gasteiger charge is -2.14. The number of hydrogen-bond acceptors (Lipinski definition) is 4. The van der Waals surface area contributed by atoms with Gasteiger partial charge in [-0.3, -0.25) is 4.79 Å². The standard InChI is InChI=1S/C13H15N3O2/c1-8(7-12(17)18)14-13-11-6-4-3-5-10(11)9(2)15-16-13/h3-6,8H,7H2,1-2H3,(H,14,16)(H,17,18). The number of aromatic nitrogens is 2. The Morgan fingerprint density at radius 3 is 2.67 bits per heavy atom. The number of carboxylic acids is 1. The number of benzene rings is 1. The molecule has 0 amide bonds. The van der Waals surface area contributed by atoms with Gasteiger partial charge in [0, 0.05) is 16.8 Å². The van der Waals surface area contributed by atoms with E-state index in [2.05, 4.69) is 15.5 Å². The maximum atomic E-state index is 10.6. The fourth-order valence-electron chi connectivity index (χ4n) is 1.89. The summed E-state index contributed by atoms with van der Waals surface area (Å²) in [5, 5.41) is 22.0. The van der Waals surface area contributed by atoms with Gasteiger partial charge in [0.15, 0.2) is 5.82 Å². The van der Waals surface area contributed by atoms with Crippen molar-refractivity contribution in [2.75, 3.05) is 5.32 Å². The van der Waals surface area contributed by atoms with Gasteiger partial charge in [-0.25, -0.2) is 0 Å². The van der Waals surface area contributed by atoms with Gasteiger partial charge in [0.05, 0.1) is 12.1 Å². The topological polar surface area (TPSA) is 75.1 Å². The minimum Gasteiger partial charge on any atom is -0.481 e. The Bertz CT molecular complexity index is 583. The van der Waals surface area contributed by atoms with Gasteiger partial charge in [-0.05, 0) is 13.8 Å². The fraction of sp³-hybridized carbons (Fsp3) is 0.308. The molecule has 0 spiro atoms. The van der Waals surface area contributed by atoms with Gasteiger partial charge < -0.3 is 10.4 Å². The molecular formula is C13H15N3O2. The van der Waals surface area contributed by atoms with E-state index in [0.29, 0.717) is 5.82 Å². The van der Waals surface area contributed by atoms with Gasteiger partial charge in [-0.15, -0.1) is 5.10 Å². The van der Waals surface area contributed by atoms with Crippen molar-refractivity contribution in [2.24, 2.45) is 0 Å². The van der Waals surface area contributed by atoms with E-state index in [9.17, 15) is 4.79 Å². The number of nitrogens with one attached hydrogen (secondary N) is 1. The summed E-state index contributed by atoms with van der Waals surface area (Å²) in [5.41, 5.74) is 0.863. The Labute approximate surface area is 105 Å². The Balaban J connectivity index is 2.34. The first-order valence-corrected chi connectivity index (χ1v) is 5.78. The van der Waals surface area contributed by atoms with E-state index in [1.807, 2.05) is 38.1 Å². The molecule has 1 unspecified atom stereocenters. The highest BCUT2D eigenvalue weighted by Crippen LogP contribution is 2.22. The van der Waals surface area contributed by atoms with E-state index >= 15 is 0 Å². The molecule has 94 valence electrons. The molecule has 2 N–H and O–H groups in total. The highest BCUT2D eigenvalue weighted by atomic mass is 16.4. The highest BCUT2D eigenvalue weighted by Gasteiger charge is 2.11. The van der Waals surface area contributed by atoms with Crippen molar-refractivity contribution < 1.29 is 9.90 Å². The first kappa shape index (κ1) is 12.3. The predicted octanol–water partition coefficient (Wildman–Crippen LogP) is 2.21. The molecule has 2 aromatic rings. The van der Waals surface area contributed by atoms with Gasteiger partial charge in [0.2, 0.25) is 0 Å². The van der Waals surface area contributed by atoms with Crippen LogP contribution in [0.1, 0.15) is 19.0 Å². The van der Waals surface area contributed by atoms with Crippen molar-refractivity contribution in [1.29, 1.82) is 0 Å². The van der Waals surface area contributed by atoms with Gasteiger partial charge in [0.25, 0.3) is 0 Å². The number of carbonyl (C=O) groups is 1. The van der Waals surface area contributed by atoms with E-state index in [-0.39, 0.29) is 12.5 Å². The predicted molar refractivity (Wildman–Crippen MR) is 69.6 cm³/mol. The average molecular weight is 245 g/mol. The zero-order chi connectivity index (χ0) is 13.1. The second-order valence-corrected chi connectivity index (χ2v) is 4.32. The minimum atomic E-state index is -0.834. The van der Waals surface area contributed by atoms with Crippen molar-refractivity contribution in [2.45, 2.75) is 26.3 Å². The summed E-state index contributed by atoms with van der Waals surface area (Å²) in [7, 11) is 0. The van der Waals surface area contributed by atoms with Crippen molar-refractivity contribution in [3.63, 3.8) is 0 Å². The largest absolute Gasteiger partial charge is 0.481 e. The van der Waals surface area contributed by atoms with Gasteiger partial charge >= 0.3 is 5.97 Å². The smallest absolute Gasteiger partial charge is 0.305 e. The highest BCUT2D eigenvalue weighted by molar-refractivity contribution is 5.93. The summed E-state index contributed by atoms with van der Waals surface area (Å²) in [6, 6.07) is 7.61. The normalized spacial score (nSPS) is 12.3. The Kier molecular flexibility index (Phi) is 3.41. The van der Waals surface area contributed by atoms with Gasteiger partial charge in [0.1, 0.15) is 0 Å². The van der Waals surface area contributed by atoms with Crippen LogP contribution in [0.25, 0.3) is 10.8 Å². The second kappa shape index (κ2) is 5.00. The number of aryl methyl sites for hydroxylation is 1. The van der Waals surface area contributed by atoms with Crippen LogP contribution in [0.4, 0.5) is 5.82 Å². The number of anilines is 1. The van der Waals surface area contributed by atoms with Crippen molar-refractivity contribution in [3.05, 3.63) is 30.0 Å². The molecule has 0 saturated carbocycles. The van der Waals surface area contributed by atoms with Crippen molar-refractivity contribution >= 4 is 22.6 Å². The molecule has 1 atom stereocenters. The Morgan fingerprint density at radius 2 is 2.00 bits per heavy atom. The monoisotopic (exact) mass is 245 g/mol. The third kappa shape index (κ3) is 2.56. The number of aliphatic carboxylic acids is 1. The summed E-state index contributed by atoms with van der Waals surface area (Å²) in [5.74, 6) is -0.204. The van der Waals surface area contributed by atoms with E-state index in [4.69, 9.17) is 5.11 Å². The van der Waals surface area contributed by atoms with Crippen LogP contribution >= 0.6 is 0 Å². The molecule has 1 aromatic heterocycles. The number of nitrogens with zero attached hydrogens (tertiary/aromatic N) is 2. The van der Waals surface area contributed by atoms with Crippen LogP contribution in [-0.4, -0.2) is 27.3 Å². The molecule has 1 aromatic carbocycles. The molecule has 2 rings (SSSR count). The first-order valence-electron chi connectivity index (χ1n) is 5.78. The lowest BCUT2D eigenvalue weighted by molar-refractivity contribution is -0.137. The minimum absolute atomic E-state index is 0.0455. The molecular weight excluding hydrogens is 230 g/mol. The zero-order valence-corrected chi connectivity index (χ0v) is 10.3. The van der Waals surface area contributed by atoms with E-state index in [1.54, 1.807) is 0 Å².